The first-order valence-electron chi connectivity index (χ1n) is 5.48. The zero-order chi connectivity index (χ0) is 11.5. The number of benzene rings is 1. The molecular formula is C12H20Cl2N2O2. The number of fused-ring (bicyclic) bond motifs is 1. The fourth-order valence-electron chi connectivity index (χ4n) is 2.18. The van der Waals surface area contributed by atoms with Gasteiger partial charge >= 0.3 is 0 Å². The summed E-state index contributed by atoms with van der Waals surface area (Å²) >= 11 is 0. The van der Waals surface area contributed by atoms with Crippen molar-refractivity contribution >= 4 is 24.8 Å². The van der Waals surface area contributed by atoms with Crippen LogP contribution >= 0.6 is 24.8 Å². The van der Waals surface area contributed by atoms with Gasteiger partial charge in [-0.25, -0.2) is 0 Å². The maximum atomic E-state index is 5.75. The molecule has 0 saturated carbocycles. The Kier molecular flexibility index (Phi) is 7.40. The van der Waals surface area contributed by atoms with Crippen molar-refractivity contribution in [3.05, 3.63) is 23.3 Å². The zero-order valence-electron chi connectivity index (χ0n) is 10.6. The first kappa shape index (κ1) is 17.3. The van der Waals surface area contributed by atoms with Gasteiger partial charge < -0.3 is 20.5 Å². The van der Waals surface area contributed by atoms with Crippen LogP contribution in [0.3, 0.4) is 0 Å². The molecule has 0 aliphatic carbocycles. The van der Waals surface area contributed by atoms with Gasteiger partial charge in [0.25, 0.3) is 0 Å². The number of nitrogens with two attached hydrogens (primary N) is 1. The number of hydrogen-bond acceptors (Lipinski definition) is 4. The smallest absolute Gasteiger partial charge is 0.161 e. The summed E-state index contributed by atoms with van der Waals surface area (Å²) < 4.78 is 10.6. The van der Waals surface area contributed by atoms with Crippen molar-refractivity contribution in [2.75, 3.05) is 27.3 Å². The molecule has 1 aromatic rings. The Morgan fingerprint density at radius 2 is 1.83 bits per heavy atom. The number of nitrogens with one attached hydrogen (secondary N) is 1. The summed E-state index contributed by atoms with van der Waals surface area (Å²) in [6.45, 7) is 1.56. The summed E-state index contributed by atoms with van der Waals surface area (Å²) in [4.78, 5) is 0. The van der Waals surface area contributed by atoms with Crippen LogP contribution in [0.1, 0.15) is 17.2 Å². The molecule has 3 N–H and O–H groups in total. The molecule has 1 aromatic carbocycles. The third kappa shape index (κ3) is 3.20. The second kappa shape index (κ2) is 7.69. The molecule has 1 aliphatic rings. The van der Waals surface area contributed by atoms with E-state index in [1.54, 1.807) is 14.2 Å². The Morgan fingerprint density at radius 1 is 1.22 bits per heavy atom. The summed E-state index contributed by atoms with van der Waals surface area (Å²) in [6.07, 6.45) is 1.01. The number of methoxy groups -OCH3 is 2. The topological polar surface area (TPSA) is 56.5 Å². The molecule has 0 bridgehead atoms. The van der Waals surface area contributed by atoms with Gasteiger partial charge in [-0.1, -0.05) is 0 Å². The van der Waals surface area contributed by atoms with Crippen LogP contribution in [0.2, 0.25) is 0 Å². The number of hydrogen-bond donors (Lipinski definition) is 2. The number of ether oxygens (including phenoxy) is 2. The maximum Gasteiger partial charge on any atom is 0.161 e. The van der Waals surface area contributed by atoms with Crippen LogP contribution in [0.5, 0.6) is 11.5 Å². The highest BCUT2D eigenvalue weighted by Gasteiger charge is 2.21. The molecule has 104 valence electrons. The molecule has 0 fully saturated rings. The quantitative estimate of drug-likeness (QED) is 0.891. The van der Waals surface area contributed by atoms with Crippen molar-refractivity contribution in [2.24, 2.45) is 5.73 Å². The van der Waals surface area contributed by atoms with Gasteiger partial charge in [0.1, 0.15) is 0 Å². The fourth-order valence-corrected chi connectivity index (χ4v) is 2.18. The Bertz CT molecular complexity index is 389. The fraction of sp³-hybridized carbons (Fsp3) is 0.500. The van der Waals surface area contributed by atoms with Crippen molar-refractivity contribution in [3.8, 4) is 11.5 Å². The van der Waals surface area contributed by atoms with E-state index < -0.39 is 0 Å². The Morgan fingerprint density at radius 3 is 2.39 bits per heavy atom. The molecule has 0 aromatic heterocycles. The van der Waals surface area contributed by atoms with E-state index in [1.807, 2.05) is 6.07 Å². The van der Waals surface area contributed by atoms with Crippen LogP contribution in [-0.4, -0.2) is 27.3 Å². The lowest BCUT2D eigenvalue weighted by molar-refractivity contribution is 0.352. The van der Waals surface area contributed by atoms with Crippen LogP contribution in [0.15, 0.2) is 12.1 Å². The van der Waals surface area contributed by atoms with Crippen molar-refractivity contribution in [1.82, 2.24) is 5.32 Å². The second-order valence-corrected chi connectivity index (χ2v) is 3.90. The molecule has 0 amide bonds. The normalized spacial score (nSPS) is 16.9. The maximum absolute atomic E-state index is 5.75. The highest BCUT2D eigenvalue weighted by molar-refractivity contribution is 5.85. The highest BCUT2D eigenvalue weighted by atomic mass is 35.5. The third-order valence-electron chi connectivity index (χ3n) is 3.04. The minimum Gasteiger partial charge on any atom is -0.493 e. The molecule has 0 spiro atoms. The first-order valence-corrected chi connectivity index (χ1v) is 5.48. The van der Waals surface area contributed by atoms with Gasteiger partial charge in [0, 0.05) is 12.6 Å². The van der Waals surface area contributed by atoms with Gasteiger partial charge in [0.05, 0.1) is 14.2 Å². The molecule has 2 rings (SSSR count). The Labute approximate surface area is 120 Å². The zero-order valence-corrected chi connectivity index (χ0v) is 12.2. The van der Waals surface area contributed by atoms with E-state index in [0.29, 0.717) is 6.54 Å². The van der Waals surface area contributed by atoms with Crippen LogP contribution in [-0.2, 0) is 6.42 Å². The lowest BCUT2D eigenvalue weighted by Crippen LogP contribution is -2.34. The second-order valence-electron chi connectivity index (χ2n) is 3.90. The van der Waals surface area contributed by atoms with Crippen molar-refractivity contribution in [2.45, 2.75) is 12.5 Å². The lowest BCUT2D eigenvalue weighted by atomic mass is 9.93. The number of halogens is 2. The summed E-state index contributed by atoms with van der Waals surface area (Å²) in [5.74, 6) is 1.56. The van der Waals surface area contributed by atoms with Crippen LogP contribution in [0.25, 0.3) is 0 Å². The van der Waals surface area contributed by atoms with E-state index in [9.17, 15) is 0 Å². The molecule has 6 heteroatoms. The van der Waals surface area contributed by atoms with Crippen LogP contribution in [0, 0.1) is 0 Å². The van der Waals surface area contributed by atoms with Crippen molar-refractivity contribution in [1.29, 1.82) is 0 Å². The van der Waals surface area contributed by atoms with E-state index in [4.69, 9.17) is 15.2 Å². The molecule has 1 heterocycles. The van der Waals surface area contributed by atoms with E-state index in [2.05, 4.69) is 11.4 Å². The van der Waals surface area contributed by atoms with Crippen LogP contribution < -0.4 is 20.5 Å². The average molecular weight is 295 g/mol. The number of rotatable bonds is 3. The molecule has 18 heavy (non-hydrogen) atoms. The summed E-state index contributed by atoms with van der Waals surface area (Å²) in [5, 5.41) is 3.39. The van der Waals surface area contributed by atoms with Gasteiger partial charge in [-0.2, -0.15) is 0 Å². The van der Waals surface area contributed by atoms with Gasteiger partial charge in [-0.15, -0.1) is 24.8 Å². The highest BCUT2D eigenvalue weighted by Crippen LogP contribution is 2.34. The monoisotopic (exact) mass is 294 g/mol. The minimum atomic E-state index is 0. The van der Waals surface area contributed by atoms with Gasteiger partial charge in [-0.3, -0.25) is 0 Å². The standard InChI is InChI=1S/C12H18N2O2.2ClH/c1-15-11-5-8-3-4-14-10(7-13)9(8)6-12(11)16-2;;/h5-6,10,14H,3-4,7,13H2,1-2H3;2*1H. The van der Waals surface area contributed by atoms with Crippen LogP contribution in [0.4, 0.5) is 0 Å². The predicted molar refractivity (Wildman–Crippen MR) is 77.5 cm³/mol. The van der Waals surface area contributed by atoms with Crippen molar-refractivity contribution in [3.63, 3.8) is 0 Å². The summed E-state index contributed by atoms with van der Waals surface area (Å²) in [6, 6.07) is 4.30. The SMILES string of the molecule is COc1cc2c(cc1OC)C(CN)NCC2.Cl.Cl. The molecule has 0 radical (unpaired) electrons. The molecule has 0 saturated heterocycles. The van der Waals surface area contributed by atoms with E-state index >= 15 is 0 Å². The van der Waals surface area contributed by atoms with E-state index in [0.717, 1.165) is 24.5 Å². The Balaban J connectivity index is 0.00000144. The van der Waals surface area contributed by atoms with Gasteiger partial charge in [0.2, 0.25) is 0 Å². The van der Waals surface area contributed by atoms with E-state index in [-0.39, 0.29) is 30.9 Å². The van der Waals surface area contributed by atoms with Crippen molar-refractivity contribution < 1.29 is 9.47 Å². The molecule has 1 aliphatic heterocycles. The Hall–Kier alpha value is -0.680. The lowest BCUT2D eigenvalue weighted by Gasteiger charge is -2.27. The third-order valence-corrected chi connectivity index (χ3v) is 3.04. The summed E-state index contributed by atoms with van der Waals surface area (Å²) in [5.41, 5.74) is 8.27. The molecule has 4 nitrogen and oxygen atoms in total. The minimum absolute atomic E-state index is 0. The molecular weight excluding hydrogens is 275 g/mol. The molecule has 1 unspecified atom stereocenters. The van der Waals surface area contributed by atoms with Gasteiger partial charge in [-0.05, 0) is 36.2 Å². The molecule has 1 atom stereocenters. The predicted octanol–water partition coefficient (Wildman–Crippen LogP) is 1.69. The largest absolute Gasteiger partial charge is 0.493 e. The summed E-state index contributed by atoms with van der Waals surface area (Å²) in [7, 11) is 3.31. The van der Waals surface area contributed by atoms with E-state index in [1.165, 1.54) is 11.1 Å². The average Bonchev–Trinajstić information content (AvgIpc) is 2.36. The first-order chi connectivity index (χ1) is 7.80. The van der Waals surface area contributed by atoms with Gasteiger partial charge in [0.15, 0.2) is 11.5 Å².